The number of aromatic nitrogens is 4. The zero-order valence-electron chi connectivity index (χ0n) is 29.9. The Hall–Kier alpha value is -6.53. The molecule has 0 atom stereocenters. The third-order valence-electron chi connectivity index (χ3n) is 9.77. The van der Waals surface area contributed by atoms with Crippen molar-refractivity contribution in [1.82, 2.24) is 19.9 Å². The van der Waals surface area contributed by atoms with E-state index < -0.39 is 0 Å². The van der Waals surface area contributed by atoms with Crippen molar-refractivity contribution in [3.8, 4) is 33.4 Å². The van der Waals surface area contributed by atoms with Crippen LogP contribution in [0.2, 0.25) is 0 Å². The van der Waals surface area contributed by atoms with Gasteiger partial charge in [0.2, 0.25) is 0 Å². The Bertz CT molecular complexity index is 2620. The van der Waals surface area contributed by atoms with Gasteiger partial charge in [-0.2, -0.15) is 0 Å². The van der Waals surface area contributed by atoms with Crippen LogP contribution in [0.5, 0.6) is 0 Å². The van der Waals surface area contributed by atoms with Crippen LogP contribution in [0.25, 0.3) is 85.3 Å². The zero-order valence-corrected chi connectivity index (χ0v) is 29.9. The quantitative estimate of drug-likeness (QED) is 0.158. The predicted molar refractivity (Wildman–Crippen MR) is 217 cm³/mol. The molecule has 2 aliphatic heterocycles. The number of ketones is 1. The van der Waals surface area contributed by atoms with Gasteiger partial charge in [-0.15, -0.1) is 0 Å². The maximum atomic E-state index is 13.3. The molecule has 3 aromatic carbocycles. The molecular formula is C46H39N5O. The van der Waals surface area contributed by atoms with E-state index in [1.807, 2.05) is 18.2 Å². The van der Waals surface area contributed by atoms with E-state index in [9.17, 15) is 4.79 Å². The summed E-state index contributed by atoms with van der Waals surface area (Å²) in [7, 11) is 0. The van der Waals surface area contributed by atoms with Crippen LogP contribution in [0, 0.1) is 20.8 Å². The fraction of sp³-hybridized carbons (Fsp3) is 0.109. The highest BCUT2D eigenvalue weighted by molar-refractivity contribution is 6.23. The Morgan fingerprint density at radius 3 is 1.17 bits per heavy atom. The number of aryl methyl sites for hydroxylation is 3. The molecule has 5 heterocycles. The van der Waals surface area contributed by atoms with E-state index in [1.54, 1.807) is 13.8 Å². The number of Topliss-reactive ketones (excluding diaryl/α,β-unsaturated/α-hetero) is 1. The standard InChI is InChI=1S/C46H39N5O/c1-26-6-12-31(13-7-26)43-34-18-20-36(48-34)44(32-14-8-27(2)9-15-32)38-22-24-40(50-38)46(42(29(4)47)30(5)52)41-25-23-39(51-41)45(37-21-19-35(43)49-37)33-16-10-28(3)11-17-33/h6-25,48,51H,47H2,1-5H3/b42-29+,43-34?,43-35?,44-36?,44-38?,45-37?,45-39?,46-40?,46-41?. The van der Waals surface area contributed by atoms with Crippen LogP contribution in [-0.2, 0) is 4.79 Å². The first-order valence-electron chi connectivity index (χ1n) is 17.5. The number of hydrogen-bond acceptors (Lipinski definition) is 4. The molecule has 2 aliphatic rings. The smallest absolute Gasteiger partial charge is 0.162 e. The minimum absolute atomic E-state index is 0.133. The lowest BCUT2D eigenvalue weighted by atomic mass is 9.99. The Balaban J connectivity index is 1.59. The number of benzene rings is 3. The van der Waals surface area contributed by atoms with Crippen molar-refractivity contribution in [3.63, 3.8) is 0 Å². The highest BCUT2D eigenvalue weighted by Gasteiger charge is 2.21. The van der Waals surface area contributed by atoms with Gasteiger partial charge < -0.3 is 15.7 Å². The molecule has 52 heavy (non-hydrogen) atoms. The number of nitrogens with zero attached hydrogens (tertiary/aromatic N) is 2. The van der Waals surface area contributed by atoms with E-state index in [2.05, 4.69) is 134 Å². The van der Waals surface area contributed by atoms with Crippen LogP contribution in [0.15, 0.2) is 103 Å². The number of carbonyl (C=O) groups excluding carboxylic acids is 1. The number of rotatable bonds is 5. The summed E-state index contributed by atoms with van der Waals surface area (Å²) in [5.74, 6) is -0.133. The van der Waals surface area contributed by atoms with Gasteiger partial charge in [-0.1, -0.05) is 89.5 Å². The van der Waals surface area contributed by atoms with Gasteiger partial charge in [-0.3, -0.25) is 4.79 Å². The molecule has 0 amide bonds. The first-order valence-corrected chi connectivity index (χ1v) is 17.5. The largest absolute Gasteiger partial charge is 0.402 e. The highest BCUT2D eigenvalue weighted by Crippen LogP contribution is 2.38. The normalized spacial score (nSPS) is 12.6. The lowest BCUT2D eigenvalue weighted by Gasteiger charge is -2.09. The molecule has 8 rings (SSSR count). The lowest BCUT2D eigenvalue weighted by molar-refractivity contribution is -0.111. The van der Waals surface area contributed by atoms with Crippen LogP contribution in [0.4, 0.5) is 0 Å². The zero-order chi connectivity index (χ0) is 36.1. The van der Waals surface area contributed by atoms with Crippen molar-refractivity contribution in [1.29, 1.82) is 0 Å². The van der Waals surface area contributed by atoms with Crippen molar-refractivity contribution in [3.05, 3.63) is 148 Å². The average molecular weight is 678 g/mol. The second-order valence-corrected chi connectivity index (χ2v) is 13.7. The van der Waals surface area contributed by atoms with Crippen LogP contribution in [0.1, 0.15) is 58.9 Å². The summed E-state index contributed by atoms with van der Waals surface area (Å²) in [5.41, 5.74) is 24.1. The second kappa shape index (κ2) is 13.0. The average Bonchev–Trinajstić information content (AvgIpc) is 3.96. The Labute approximate surface area is 303 Å². The summed E-state index contributed by atoms with van der Waals surface area (Å²) in [5, 5.41) is 0. The number of fused-ring (bicyclic) bond motifs is 8. The Morgan fingerprint density at radius 2 is 0.808 bits per heavy atom. The van der Waals surface area contributed by atoms with Gasteiger partial charge in [0.15, 0.2) is 5.78 Å². The third kappa shape index (κ3) is 5.88. The molecule has 254 valence electrons. The molecule has 0 saturated heterocycles. The van der Waals surface area contributed by atoms with Crippen LogP contribution in [-0.4, -0.2) is 25.7 Å². The summed E-state index contributed by atoms with van der Waals surface area (Å²) >= 11 is 0. The summed E-state index contributed by atoms with van der Waals surface area (Å²) < 4.78 is 0. The molecule has 0 aliphatic carbocycles. The molecule has 0 spiro atoms. The van der Waals surface area contributed by atoms with E-state index in [0.29, 0.717) is 22.5 Å². The lowest BCUT2D eigenvalue weighted by Crippen LogP contribution is -2.07. The van der Waals surface area contributed by atoms with Crippen molar-refractivity contribution in [2.24, 2.45) is 5.73 Å². The van der Waals surface area contributed by atoms with Crippen molar-refractivity contribution in [2.75, 3.05) is 0 Å². The number of aromatic amines is 2. The molecule has 0 saturated carbocycles. The summed E-state index contributed by atoms with van der Waals surface area (Å²) in [6.07, 6.45) is 8.19. The molecule has 6 nitrogen and oxygen atoms in total. The molecule has 0 fully saturated rings. The summed E-state index contributed by atoms with van der Waals surface area (Å²) in [4.78, 5) is 31.4. The minimum Gasteiger partial charge on any atom is -0.402 e. The van der Waals surface area contributed by atoms with Crippen LogP contribution >= 0.6 is 0 Å². The minimum atomic E-state index is -0.133. The number of hydrogen-bond donors (Lipinski definition) is 3. The molecule has 0 radical (unpaired) electrons. The first kappa shape index (κ1) is 32.7. The maximum absolute atomic E-state index is 13.3. The summed E-state index contributed by atoms with van der Waals surface area (Å²) in [6.45, 7) is 9.59. The molecule has 6 heteroatoms. The molecule has 0 unspecified atom stereocenters. The first-order chi connectivity index (χ1) is 25.1. The van der Waals surface area contributed by atoms with E-state index >= 15 is 0 Å². The van der Waals surface area contributed by atoms with E-state index in [-0.39, 0.29) is 5.78 Å². The number of H-pyrrole nitrogens is 2. The molecule has 3 aromatic heterocycles. The molecule has 6 aromatic rings. The number of nitrogens with two attached hydrogens (primary N) is 1. The van der Waals surface area contributed by atoms with Gasteiger partial charge in [0, 0.05) is 55.6 Å². The fourth-order valence-corrected chi connectivity index (χ4v) is 7.19. The van der Waals surface area contributed by atoms with E-state index in [4.69, 9.17) is 15.7 Å². The van der Waals surface area contributed by atoms with Crippen molar-refractivity contribution >= 4 is 57.7 Å². The van der Waals surface area contributed by atoms with Crippen molar-refractivity contribution in [2.45, 2.75) is 34.6 Å². The van der Waals surface area contributed by atoms with Gasteiger partial charge in [0.1, 0.15) is 0 Å². The van der Waals surface area contributed by atoms with Crippen LogP contribution < -0.4 is 5.73 Å². The molecule has 4 N–H and O–H groups in total. The van der Waals surface area contributed by atoms with Gasteiger partial charge >= 0.3 is 0 Å². The number of nitrogens with one attached hydrogen (secondary N) is 2. The van der Waals surface area contributed by atoms with E-state index in [1.165, 1.54) is 16.7 Å². The fourth-order valence-electron chi connectivity index (χ4n) is 7.19. The van der Waals surface area contributed by atoms with Gasteiger partial charge in [0.05, 0.1) is 22.8 Å². The monoisotopic (exact) mass is 677 g/mol. The van der Waals surface area contributed by atoms with Gasteiger partial charge in [0.25, 0.3) is 0 Å². The molecular weight excluding hydrogens is 639 g/mol. The summed E-state index contributed by atoms with van der Waals surface area (Å²) in [6, 6.07) is 33.9. The van der Waals surface area contributed by atoms with Crippen LogP contribution in [0.3, 0.4) is 0 Å². The topological polar surface area (TPSA) is 100 Å². The van der Waals surface area contributed by atoms with Gasteiger partial charge in [-0.05, 0) is 99.9 Å². The SMILES string of the molecule is CC(=O)/C(=C(/C)N)c1c2nc(c(-c3ccc(C)cc3)c3ccc([nH]3)c(-c3ccc(C)cc3)c3nc(c(-c4ccc(C)cc4)c4ccc1[nH]4)C=C3)C=C2. The third-order valence-corrected chi connectivity index (χ3v) is 9.77. The van der Waals surface area contributed by atoms with Crippen molar-refractivity contribution < 1.29 is 4.79 Å². The predicted octanol–water partition coefficient (Wildman–Crippen LogP) is 10.9. The van der Waals surface area contributed by atoms with E-state index in [0.717, 1.165) is 72.5 Å². The Kier molecular flexibility index (Phi) is 8.15. The maximum Gasteiger partial charge on any atom is 0.162 e. The highest BCUT2D eigenvalue weighted by atomic mass is 16.1. The molecule has 8 bridgehead atoms. The Morgan fingerprint density at radius 1 is 0.481 bits per heavy atom. The van der Waals surface area contributed by atoms with Gasteiger partial charge in [-0.25, -0.2) is 9.97 Å². The number of carbonyl (C=O) groups is 1. The number of allylic oxidation sites excluding steroid dienone is 2. The second-order valence-electron chi connectivity index (χ2n) is 13.7.